The number of benzene rings is 1. The van der Waals surface area contributed by atoms with Gasteiger partial charge in [-0.25, -0.2) is 0 Å². The van der Waals surface area contributed by atoms with Gasteiger partial charge >= 0.3 is 0 Å². The molecule has 0 saturated heterocycles. The third-order valence-electron chi connectivity index (χ3n) is 4.52. The van der Waals surface area contributed by atoms with Crippen LogP contribution in [-0.4, -0.2) is 4.98 Å². The first-order valence-corrected chi connectivity index (χ1v) is 9.23. The van der Waals surface area contributed by atoms with Crippen LogP contribution in [0.25, 0.3) is 10.8 Å². The van der Waals surface area contributed by atoms with Crippen molar-refractivity contribution in [1.82, 2.24) is 4.98 Å². The van der Waals surface area contributed by atoms with E-state index in [0.29, 0.717) is 0 Å². The van der Waals surface area contributed by atoms with Crippen molar-refractivity contribution in [1.29, 1.82) is 0 Å². The first-order chi connectivity index (χ1) is 10.9. The molecule has 0 atom stereocenters. The number of aromatic nitrogens is 1. The van der Waals surface area contributed by atoms with Crippen molar-refractivity contribution in [3.05, 3.63) is 42.2 Å². The van der Waals surface area contributed by atoms with Gasteiger partial charge in [-0.3, -0.25) is 4.98 Å². The molecule has 0 radical (unpaired) electrons. The standard InChI is InChI=1S/C21H31N/c1-2-3-4-5-6-7-8-9-10-11-12-19-13-14-20-15-16-22-18-21(20)17-19/h13-18H,2-12H2,1H3. The lowest BCUT2D eigenvalue weighted by Crippen LogP contribution is -1.87. The molecule has 0 spiro atoms. The van der Waals surface area contributed by atoms with Gasteiger partial charge in [-0.2, -0.15) is 0 Å². The van der Waals surface area contributed by atoms with Gasteiger partial charge in [-0.1, -0.05) is 76.8 Å². The topological polar surface area (TPSA) is 12.9 Å². The van der Waals surface area contributed by atoms with Crippen LogP contribution in [0.4, 0.5) is 0 Å². The van der Waals surface area contributed by atoms with Gasteiger partial charge in [0.1, 0.15) is 0 Å². The zero-order chi connectivity index (χ0) is 15.5. The highest BCUT2D eigenvalue weighted by Gasteiger charge is 1.98. The number of hydrogen-bond acceptors (Lipinski definition) is 1. The van der Waals surface area contributed by atoms with Crippen LogP contribution < -0.4 is 0 Å². The molecule has 0 unspecified atom stereocenters. The fourth-order valence-electron chi connectivity index (χ4n) is 3.11. The fraction of sp³-hybridized carbons (Fsp3) is 0.571. The van der Waals surface area contributed by atoms with Crippen LogP contribution in [0.1, 0.15) is 76.7 Å². The summed E-state index contributed by atoms with van der Waals surface area (Å²) in [6.45, 7) is 2.28. The summed E-state index contributed by atoms with van der Waals surface area (Å²) in [6.07, 6.45) is 19.1. The Balaban J connectivity index is 1.54. The number of pyridine rings is 1. The van der Waals surface area contributed by atoms with Gasteiger partial charge in [0.15, 0.2) is 0 Å². The van der Waals surface area contributed by atoms with Crippen molar-refractivity contribution >= 4 is 10.8 Å². The first kappa shape index (κ1) is 17.0. The van der Waals surface area contributed by atoms with Gasteiger partial charge in [0.25, 0.3) is 0 Å². The maximum atomic E-state index is 4.21. The van der Waals surface area contributed by atoms with E-state index in [1.807, 2.05) is 12.4 Å². The van der Waals surface area contributed by atoms with E-state index in [4.69, 9.17) is 0 Å². The smallest absolute Gasteiger partial charge is 0.0346 e. The van der Waals surface area contributed by atoms with Crippen LogP contribution in [0.15, 0.2) is 36.7 Å². The Bertz CT molecular complexity index is 532. The summed E-state index contributed by atoms with van der Waals surface area (Å²) in [5.74, 6) is 0. The fourth-order valence-corrected chi connectivity index (χ4v) is 3.11. The van der Waals surface area contributed by atoms with Crippen LogP contribution in [0.5, 0.6) is 0 Å². The summed E-state index contributed by atoms with van der Waals surface area (Å²) in [5, 5.41) is 2.56. The molecule has 1 heterocycles. The van der Waals surface area contributed by atoms with Crippen molar-refractivity contribution in [2.24, 2.45) is 0 Å². The van der Waals surface area contributed by atoms with E-state index in [0.717, 1.165) is 0 Å². The lowest BCUT2D eigenvalue weighted by molar-refractivity contribution is 0.556. The molecule has 0 aliphatic carbocycles. The molecular formula is C21H31N. The average molecular weight is 297 g/mol. The minimum Gasteiger partial charge on any atom is -0.264 e. The van der Waals surface area contributed by atoms with Gasteiger partial charge < -0.3 is 0 Å². The van der Waals surface area contributed by atoms with Gasteiger partial charge in [0, 0.05) is 17.8 Å². The second-order valence-corrected chi connectivity index (χ2v) is 6.49. The van der Waals surface area contributed by atoms with Crippen LogP contribution in [0, 0.1) is 0 Å². The Kier molecular flexibility index (Phi) is 8.01. The Morgan fingerprint density at radius 1 is 0.727 bits per heavy atom. The van der Waals surface area contributed by atoms with E-state index in [9.17, 15) is 0 Å². The van der Waals surface area contributed by atoms with Crippen LogP contribution in [-0.2, 0) is 6.42 Å². The van der Waals surface area contributed by atoms with Crippen molar-refractivity contribution in [3.8, 4) is 0 Å². The molecule has 0 bridgehead atoms. The van der Waals surface area contributed by atoms with E-state index in [-0.39, 0.29) is 0 Å². The second kappa shape index (κ2) is 10.4. The molecule has 22 heavy (non-hydrogen) atoms. The Morgan fingerprint density at radius 2 is 1.41 bits per heavy atom. The molecule has 0 N–H and O–H groups in total. The van der Waals surface area contributed by atoms with Gasteiger partial charge in [-0.05, 0) is 35.9 Å². The summed E-state index contributed by atoms with van der Waals surface area (Å²) in [6, 6.07) is 8.88. The molecule has 1 aromatic carbocycles. The molecule has 0 fully saturated rings. The van der Waals surface area contributed by atoms with Gasteiger partial charge in [0.05, 0.1) is 0 Å². The lowest BCUT2D eigenvalue weighted by Gasteiger charge is -2.04. The van der Waals surface area contributed by atoms with E-state index in [1.165, 1.54) is 87.0 Å². The van der Waals surface area contributed by atoms with Gasteiger partial charge in [0.2, 0.25) is 0 Å². The van der Waals surface area contributed by atoms with E-state index in [1.54, 1.807) is 0 Å². The highest BCUT2D eigenvalue weighted by molar-refractivity contribution is 5.81. The number of unbranched alkanes of at least 4 members (excludes halogenated alkanes) is 9. The molecule has 0 saturated carbocycles. The molecule has 0 aliphatic rings. The minimum absolute atomic E-state index is 1.21. The molecule has 0 amide bonds. The molecule has 2 aromatic rings. The normalized spacial score (nSPS) is 11.1. The summed E-state index contributed by atoms with van der Waals surface area (Å²) in [5.41, 5.74) is 1.46. The van der Waals surface area contributed by atoms with Gasteiger partial charge in [-0.15, -0.1) is 0 Å². The van der Waals surface area contributed by atoms with Crippen LogP contribution in [0.3, 0.4) is 0 Å². The molecule has 0 aliphatic heterocycles. The predicted octanol–water partition coefficient (Wildman–Crippen LogP) is 6.70. The van der Waals surface area contributed by atoms with Crippen molar-refractivity contribution in [3.63, 3.8) is 0 Å². The van der Waals surface area contributed by atoms with Crippen LogP contribution >= 0.6 is 0 Å². The summed E-state index contributed by atoms with van der Waals surface area (Å²) in [7, 11) is 0. The lowest BCUT2D eigenvalue weighted by atomic mass is 10.0. The average Bonchev–Trinajstić information content (AvgIpc) is 2.56. The minimum atomic E-state index is 1.21. The van der Waals surface area contributed by atoms with Crippen LogP contribution in [0.2, 0.25) is 0 Å². The monoisotopic (exact) mass is 297 g/mol. The number of hydrogen-bond donors (Lipinski definition) is 0. The number of fused-ring (bicyclic) bond motifs is 1. The number of rotatable bonds is 11. The summed E-state index contributed by atoms with van der Waals surface area (Å²) in [4.78, 5) is 4.21. The largest absolute Gasteiger partial charge is 0.264 e. The summed E-state index contributed by atoms with van der Waals surface area (Å²) >= 11 is 0. The maximum absolute atomic E-state index is 4.21. The molecular weight excluding hydrogens is 266 g/mol. The highest BCUT2D eigenvalue weighted by atomic mass is 14.6. The van der Waals surface area contributed by atoms with Crippen molar-refractivity contribution in [2.45, 2.75) is 77.6 Å². The molecule has 1 heteroatoms. The molecule has 1 nitrogen and oxygen atoms in total. The maximum Gasteiger partial charge on any atom is 0.0346 e. The second-order valence-electron chi connectivity index (χ2n) is 6.49. The SMILES string of the molecule is CCCCCCCCCCCCc1ccc2ccncc2c1. The molecule has 2 rings (SSSR count). The van der Waals surface area contributed by atoms with Crippen molar-refractivity contribution < 1.29 is 0 Å². The number of aryl methyl sites for hydroxylation is 1. The third-order valence-corrected chi connectivity index (χ3v) is 4.52. The van der Waals surface area contributed by atoms with E-state index >= 15 is 0 Å². The first-order valence-electron chi connectivity index (χ1n) is 9.23. The quantitative estimate of drug-likeness (QED) is 0.421. The van der Waals surface area contributed by atoms with E-state index < -0.39 is 0 Å². The molecule has 120 valence electrons. The zero-order valence-electron chi connectivity index (χ0n) is 14.2. The summed E-state index contributed by atoms with van der Waals surface area (Å²) < 4.78 is 0. The van der Waals surface area contributed by atoms with Crippen molar-refractivity contribution in [2.75, 3.05) is 0 Å². The van der Waals surface area contributed by atoms with E-state index in [2.05, 4.69) is 36.2 Å². The highest BCUT2D eigenvalue weighted by Crippen LogP contribution is 2.17. The Hall–Kier alpha value is -1.37. The Morgan fingerprint density at radius 3 is 2.14 bits per heavy atom. The Labute approximate surface area is 136 Å². The molecule has 1 aromatic heterocycles. The number of nitrogens with zero attached hydrogens (tertiary/aromatic N) is 1. The third kappa shape index (κ3) is 6.17. The zero-order valence-corrected chi connectivity index (χ0v) is 14.2. The predicted molar refractivity (Wildman–Crippen MR) is 97.3 cm³/mol.